The zero-order valence-corrected chi connectivity index (χ0v) is 11.2. The van der Waals surface area contributed by atoms with Gasteiger partial charge in [0.05, 0.1) is 12.2 Å². The number of carbonyl (C=O) groups is 1. The first-order valence-corrected chi connectivity index (χ1v) is 6.91. The van der Waals surface area contributed by atoms with Gasteiger partial charge in [0.25, 0.3) is 0 Å². The van der Waals surface area contributed by atoms with Gasteiger partial charge in [0.15, 0.2) is 0 Å². The van der Waals surface area contributed by atoms with E-state index in [1.54, 1.807) is 6.07 Å². The van der Waals surface area contributed by atoms with Crippen LogP contribution in [0.15, 0.2) is 18.2 Å². The smallest absolute Gasteiger partial charge is 0.248 e. The Morgan fingerprint density at radius 3 is 2.89 bits per heavy atom. The van der Waals surface area contributed by atoms with Crippen LogP contribution in [0.25, 0.3) is 0 Å². The van der Waals surface area contributed by atoms with E-state index in [4.69, 9.17) is 10.5 Å². The molecule has 2 aliphatic heterocycles. The lowest BCUT2D eigenvalue weighted by Gasteiger charge is -2.20. The molecule has 4 nitrogen and oxygen atoms in total. The van der Waals surface area contributed by atoms with Crippen molar-refractivity contribution in [3.8, 4) is 0 Å². The van der Waals surface area contributed by atoms with Crippen molar-refractivity contribution in [1.82, 2.24) is 5.32 Å². The van der Waals surface area contributed by atoms with E-state index >= 15 is 0 Å². The number of hydrogen-bond donors (Lipinski definition) is 2. The van der Waals surface area contributed by atoms with Crippen molar-refractivity contribution in [1.29, 1.82) is 0 Å². The van der Waals surface area contributed by atoms with Gasteiger partial charge in [0.2, 0.25) is 5.91 Å². The predicted octanol–water partition coefficient (Wildman–Crippen LogP) is 1.50. The maximum atomic E-state index is 11.1. The summed E-state index contributed by atoms with van der Waals surface area (Å²) < 4.78 is 5.83. The lowest BCUT2D eigenvalue weighted by Crippen LogP contribution is -2.37. The van der Waals surface area contributed by atoms with E-state index in [1.165, 1.54) is 18.4 Å². The monoisotopic (exact) mass is 260 g/mol. The number of amides is 1. The Morgan fingerprint density at radius 1 is 1.47 bits per heavy atom. The van der Waals surface area contributed by atoms with Crippen LogP contribution in [0.4, 0.5) is 0 Å². The topological polar surface area (TPSA) is 64.4 Å². The van der Waals surface area contributed by atoms with Crippen molar-refractivity contribution in [3.05, 3.63) is 34.9 Å². The number of nitrogens with two attached hydrogens (primary N) is 1. The van der Waals surface area contributed by atoms with E-state index in [-0.39, 0.29) is 5.91 Å². The lowest BCUT2D eigenvalue weighted by molar-refractivity contribution is 0.0972. The van der Waals surface area contributed by atoms with Crippen LogP contribution in [0.1, 0.15) is 40.7 Å². The molecule has 2 bridgehead atoms. The van der Waals surface area contributed by atoms with E-state index < -0.39 is 0 Å². The van der Waals surface area contributed by atoms with Crippen molar-refractivity contribution in [2.75, 3.05) is 0 Å². The molecule has 3 atom stereocenters. The number of carbonyl (C=O) groups excluding carboxylic acids is 1. The van der Waals surface area contributed by atoms with Crippen LogP contribution in [0.2, 0.25) is 0 Å². The molecule has 2 heterocycles. The number of nitrogens with one attached hydrogen (secondary N) is 1. The Balaban J connectivity index is 1.62. The molecule has 0 saturated carbocycles. The molecule has 19 heavy (non-hydrogen) atoms. The van der Waals surface area contributed by atoms with E-state index in [2.05, 4.69) is 5.32 Å². The maximum absolute atomic E-state index is 11.1. The van der Waals surface area contributed by atoms with Crippen LogP contribution in [0, 0.1) is 6.92 Å². The molecule has 2 fully saturated rings. The number of hydrogen-bond acceptors (Lipinski definition) is 3. The quantitative estimate of drug-likeness (QED) is 0.862. The summed E-state index contributed by atoms with van der Waals surface area (Å²) in [6.07, 6.45) is 4.40. The number of aryl methyl sites for hydroxylation is 1. The van der Waals surface area contributed by atoms with Crippen molar-refractivity contribution >= 4 is 5.91 Å². The molecule has 1 amide bonds. The van der Waals surface area contributed by atoms with Gasteiger partial charge in [-0.25, -0.2) is 0 Å². The third-order valence-electron chi connectivity index (χ3n) is 4.29. The Labute approximate surface area is 113 Å². The minimum absolute atomic E-state index is 0.371. The molecular weight excluding hydrogens is 240 g/mol. The first-order chi connectivity index (χ1) is 9.13. The van der Waals surface area contributed by atoms with Gasteiger partial charge >= 0.3 is 0 Å². The van der Waals surface area contributed by atoms with Crippen molar-refractivity contribution in [3.63, 3.8) is 0 Å². The molecule has 102 valence electrons. The van der Waals surface area contributed by atoms with Crippen LogP contribution in [0.5, 0.6) is 0 Å². The Kier molecular flexibility index (Phi) is 3.29. The van der Waals surface area contributed by atoms with Crippen LogP contribution in [-0.4, -0.2) is 24.2 Å². The third kappa shape index (κ3) is 2.51. The Bertz CT molecular complexity index is 501. The van der Waals surface area contributed by atoms with Crippen molar-refractivity contribution < 1.29 is 9.53 Å². The number of ether oxygens (including phenoxy) is 1. The molecule has 3 rings (SSSR count). The van der Waals surface area contributed by atoms with Gasteiger partial charge in [-0.05, 0) is 49.4 Å². The molecule has 4 heteroatoms. The number of rotatable bonds is 4. The molecule has 0 radical (unpaired) electrons. The van der Waals surface area contributed by atoms with Gasteiger partial charge in [-0.1, -0.05) is 6.07 Å². The third-order valence-corrected chi connectivity index (χ3v) is 4.29. The van der Waals surface area contributed by atoms with Gasteiger partial charge in [-0.3, -0.25) is 4.79 Å². The van der Waals surface area contributed by atoms with Gasteiger partial charge in [0.1, 0.15) is 0 Å². The van der Waals surface area contributed by atoms with E-state index in [0.717, 1.165) is 18.5 Å². The Hall–Kier alpha value is -1.39. The molecule has 0 aromatic heterocycles. The maximum Gasteiger partial charge on any atom is 0.248 e. The van der Waals surface area contributed by atoms with Gasteiger partial charge in [-0.15, -0.1) is 0 Å². The highest BCUT2D eigenvalue weighted by atomic mass is 16.5. The zero-order chi connectivity index (χ0) is 13.4. The van der Waals surface area contributed by atoms with E-state index in [1.807, 2.05) is 19.1 Å². The van der Waals surface area contributed by atoms with Crippen LogP contribution in [-0.2, 0) is 11.3 Å². The second kappa shape index (κ2) is 4.94. The number of fused-ring (bicyclic) bond motifs is 2. The van der Waals surface area contributed by atoms with Crippen LogP contribution < -0.4 is 11.1 Å². The van der Waals surface area contributed by atoms with Gasteiger partial charge in [0, 0.05) is 18.2 Å². The average molecular weight is 260 g/mol. The molecule has 0 aliphatic carbocycles. The molecule has 0 spiro atoms. The number of primary amides is 1. The van der Waals surface area contributed by atoms with Gasteiger partial charge < -0.3 is 15.8 Å². The fraction of sp³-hybridized carbons (Fsp3) is 0.533. The first kappa shape index (κ1) is 12.6. The zero-order valence-electron chi connectivity index (χ0n) is 11.2. The summed E-state index contributed by atoms with van der Waals surface area (Å²) >= 11 is 0. The highest BCUT2D eigenvalue weighted by Gasteiger charge is 2.40. The van der Waals surface area contributed by atoms with Crippen molar-refractivity contribution in [2.24, 2.45) is 5.73 Å². The highest BCUT2D eigenvalue weighted by Crippen LogP contribution is 2.34. The molecule has 1 aromatic carbocycles. The molecule has 2 saturated heterocycles. The summed E-state index contributed by atoms with van der Waals surface area (Å²) in [5, 5.41) is 3.58. The summed E-state index contributed by atoms with van der Waals surface area (Å²) in [6.45, 7) is 2.84. The van der Waals surface area contributed by atoms with E-state index in [0.29, 0.717) is 23.8 Å². The lowest BCUT2D eigenvalue weighted by atomic mass is 9.95. The number of benzene rings is 1. The first-order valence-electron chi connectivity index (χ1n) is 6.91. The highest BCUT2D eigenvalue weighted by molar-refractivity contribution is 5.93. The standard InChI is InChI=1S/C15H20N2O2/c1-9-6-10(15(16)18)2-3-11(9)8-17-13-7-12-4-5-14(13)19-12/h2-3,6,12-14,17H,4-5,7-8H2,1H3,(H2,16,18). The summed E-state index contributed by atoms with van der Waals surface area (Å²) in [7, 11) is 0. The second-order valence-corrected chi connectivity index (χ2v) is 5.60. The van der Waals surface area contributed by atoms with Gasteiger partial charge in [-0.2, -0.15) is 0 Å². The van der Waals surface area contributed by atoms with Crippen LogP contribution >= 0.6 is 0 Å². The van der Waals surface area contributed by atoms with Crippen molar-refractivity contribution in [2.45, 2.75) is 51.0 Å². The fourth-order valence-electron chi connectivity index (χ4n) is 3.14. The summed E-state index contributed by atoms with van der Waals surface area (Å²) in [5.41, 5.74) is 8.17. The molecule has 3 N–H and O–H groups in total. The summed E-state index contributed by atoms with van der Waals surface area (Å²) in [6, 6.07) is 6.12. The Morgan fingerprint density at radius 2 is 2.32 bits per heavy atom. The molecular formula is C15H20N2O2. The molecule has 3 unspecified atom stereocenters. The SMILES string of the molecule is Cc1cc(C(N)=O)ccc1CNC1CC2CCC1O2. The minimum Gasteiger partial charge on any atom is -0.373 e. The molecule has 1 aromatic rings. The van der Waals surface area contributed by atoms with E-state index in [9.17, 15) is 4.79 Å². The largest absolute Gasteiger partial charge is 0.373 e. The summed E-state index contributed by atoms with van der Waals surface area (Å²) in [4.78, 5) is 11.1. The normalized spacial score (nSPS) is 28.8. The molecule has 2 aliphatic rings. The van der Waals surface area contributed by atoms with Crippen LogP contribution in [0.3, 0.4) is 0 Å². The average Bonchev–Trinajstić information content (AvgIpc) is 2.99. The fourth-order valence-corrected chi connectivity index (χ4v) is 3.14. The summed E-state index contributed by atoms with van der Waals surface area (Å²) in [5.74, 6) is -0.371. The second-order valence-electron chi connectivity index (χ2n) is 5.60. The minimum atomic E-state index is -0.371. The predicted molar refractivity (Wildman–Crippen MR) is 72.8 cm³/mol.